The maximum absolute atomic E-state index is 10.7. The fourth-order valence-electron chi connectivity index (χ4n) is 1.41. The number of fused-ring (bicyclic) bond motifs is 1. The van der Waals surface area contributed by atoms with E-state index < -0.39 is 0 Å². The van der Waals surface area contributed by atoms with Gasteiger partial charge in [-0.05, 0) is 18.2 Å². The Kier molecular flexibility index (Phi) is 3.47. The van der Waals surface area contributed by atoms with Gasteiger partial charge in [0.15, 0.2) is 5.12 Å². The van der Waals surface area contributed by atoms with Gasteiger partial charge in [-0.1, -0.05) is 36.0 Å². The number of hydrogen-bond acceptors (Lipinski definition) is 3. The Labute approximate surface area is 98.3 Å². The Morgan fingerprint density at radius 1 is 1.44 bits per heavy atom. The number of para-hydroxylation sites is 1. The molecule has 2 aromatic rings. The van der Waals surface area contributed by atoms with Crippen molar-refractivity contribution in [1.29, 1.82) is 0 Å². The highest BCUT2D eigenvalue weighted by molar-refractivity contribution is 8.13. The fraction of sp³-hybridized carbons (Fsp3) is 0.154. The van der Waals surface area contributed by atoms with Gasteiger partial charge in [-0.15, -0.1) is 0 Å². The quantitative estimate of drug-likeness (QED) is 0.807. The van der Waals surface area contributed by atoms with Gasteiger partial charge >= 0.3 is 0 Å². The molecule has 0 aliphatic heterocycles. The second-order valence-electron chi connectivity index (χ2n) is 3.39. The van der Waals surface area contributed by atoms with Gasteiger partial charge in [0.05, 0.1) is 0 Å². The van der Waals surface area contributed by atoms with Gasteiger partial charge in [0.1, 0.15) is 11.3 Å². The Hall–Kier alpha value is -1.48. The number of carbonyl (C=O) groups excluding carboxylic acids is 1. The van der Waals surface area contributed by atoms with E-state index in [-0.39, 0.29) is 5.12 Å². The molecule has 3 heteroatoms. The highest BCUT2D eigenvalue weighted by Crippen LogP contribution is 2.19. The molecule has 2 nitrogen and oxygen atoms in total. The topological polar surface area (TPSA) is 30.2 Å². The van der Waals surface area contributed by atoms with Gasteiger partial charge in [0, 0.05) is 18.1 Å². The molecule has 0 unspecified atom stereocenters. The third-order valence-corrected chi connectivity index (χ3v) is 2.88. The molecular formula is C13H12O2S. The van der Waals surface area contributed by atoms with Crippen molar-refractivity contribution in [3.05, 3.63) is 42.2 Å². The summed E-state index contributed by atoms with van der Waals surface area (Å²) < 4.78 is 5.59. The Bertz CT molecular complexity index is 492. The fourth-order valence-corrected chi connectivity index (χ4v) is 1.84. The lowest BCUT2D eigenvalue weighted by Gasteiger charge is -1.87. The lowest BCUT2D eigenvalue weighted by atomic mass is 10.2. The molecule has 0 aliphatic rings. The molecule has 0 bridgehead atoms. The van der Waals surface area contributed by atoms with E-state index in [1.165, 1.54) is 11.8 Å². The van der Waals surface area contributed by atoms with Gasteiger partial charge in [-0.25, -0.2) is 0 Å². The zero-order valence-electron chi connectivity index (χ0n) is 8.97. The summed E-state index contributed by atoms with van der Waals surface area (Å²) in [5.74, 6) is 1.51. The number of thioether (sulfide) groups is 1. The van der Waals surface area contributed by atoms with Crippen LogP contribution in [0.3, 0.4) is 0 Å². The average molecular weight is 232 g/mol. The standard InChI is InChI=1S/C13H12O2S/c1-10(14)16-8-4-6-12-9-11-5-2-3-7-13(11)15-12/h2-7,9H,8H2,1H3. The van der Waals surface area contributed by atoms with Crippen LogP contribution in [0.25, 0.3) is 17.0 Å². The molecule has 0 radical (unpaired) electrons. The van der Waals surface area contributed by atoms with Crippen molar-refractivity contribution in [1.82, 2.24) is 0 Å². The molecular weight excluding hydrogens is 220 g/mol. The Balaban J connectivity index is 2.06. The molecule has 0 atom stereocenters. The van der Waals surface area contributed by atoms with Crippen LogP contribution in [-0.2, 0) is 4.79 Å². The van der Waals surface area contributed by atoms with Gasteiger partial charge < -0.3 is 4.42 Å². The van der Waals surface area contributed by atoms with Crippen LogP contribution < -0.4 is 0 Å². The van der Waals surface area contributed by atoms with Crippen LogP contribution in [0, 0.1) is 0 Å². The largest absolute Gasteiger partial charge is 0.457 e. The normalized spacial score (nSPS) is 11.3. The minimum absolute atomic E-state index is 0.134. The van der Waals surface area contributed by atoms with Gasteiger partial charge in [0.2, 0.25) is 0 Å². The molecule has 0 fully saturated rings. The van der Waals surface area contributed by atoms with Gasteiger partial charge in [-0.3, -0.25) is 4.79 Å². The first-order chi connectivity index (χ1) is 7.75. The highest BCUT2D eigenvalue weighted by atomic mass is 32.2. The maximum atomic E-state index is 10.7. The second kappa shape index (κ2) is 5.03. The number of rotatable bonds is 3. The first kappa shape index (κ1) is 11.0. The van der Waals surface area contributed by atoms with Crippen molar-refractivity contribution in [2.75, 3.05) is 5.75 Å². The highest BCUT2D eigenvalue weighted by Gasteiger charge is 1.98. The van der Waals surface area contributed by atoms with Crippen LogP contribution in [-0.4, -0.2) is 10.9 Å². The molecule has 16 heavy (non-hydrogen) atoms. The summed E-state index contributed by atoms with van der Waals surface area (Å²) in [5, 5.41) is 1.23. The van der Waals surface area contributed by atoms with Crippen LogP contribution >= 0.6 is 11.8 Å². The number of carbonyl (C=O) groups is 1. The Morgan fingerprint density at radius 2 is 2.25 bits per heavy atom. The summed E-state index contributed by atoms with van der Waals surface area (Å²) >= 11 is 1.29. The average Bonchev–Trinajstić information content (AvgIpc) is 2.66. The number of furan rings is 1. The number of hydrogen-bond donors (Lipinski definition) is 0. The molecule has 0 saturated carbocycles. The molecule has 0 spiro atoms. The van der Waals surface area contributed by atoms with E-state index in [9.17, 15) is 4.79 Å². The third kappa shape index (κ3) is 2.76. The molecule has 82 valence electrons. The van der Waals surface area contributed by atoms with Crippen molar-refractivity contribution < 1.29 is 9.21 Å². The van der Waals surface area contributed by atoms with Gasteiger partial charge in [-0.2, -0.15) is 0 Å². The summed E-state index contributed by atoms with van der Waals surface area (Å²) in [4.78, 5) is 10.7. The van der Waals surface area contributed by atoms with Crippen molar-refractivity contribution in [2.45, 2.75) is 6.92 Å². The predicted molar refractivity (Wildman–Crippen MR) is 68.4 cm³/mol. The smallest absolute Gasteiger partial charge is 0.186 e. The van der Waals surface area contributed by atoms with E-state index in [4.69, 9.17) is 4.42 Å². The van der Waals surface area contributed by atoms with Crippen LogP contribution in [0.5, 0.6) is 0 Å². The first-order valence-corrected chi connectivity index (χ1v) is 6.03. The van der Waals surface area contributed by atoms with E-state index in [2.05, 4.69) is 0 Å². The summed E-state index contributed by atoms with van der Waals surface area (Å²) in [5.41, 5.74) is 0.890. The first-order valence-electron chi connectivity index (χ1n) is 5.04. The molecule has 0 N–H and O–H groups in total. The lowest BCUT2D eigenvalue weighted by Crippen LogP contribution is -1.80. The van der Waals surface area contributed by atoms with Crippen molar-refractivity contribution in [3.8, 4) is 0 Å². The van der Waals surface area contributed by atoms with Crippen molar-refractivity contribution >= 4 is 33.9 Å². The zero-order valence-corrected chi connectivity index (χ0v) is 9.79. The molecule has 1 aromatic heterocycles. The molecule has 1 heterocycles. The second-order valence-corrected chi connectivity index (χ2v) is 4.59. The van der Waals surface area contributed by atoms with E-state index in [0.717, 1.165) is 16.7 Å². The molecule has 0 amide bonds. The zero-order chi connectivity index (χ0) is 11.4. The van der Waals surface area contributed by atoms with Crippen LogP contribution in [0.4, 0.5) is 0 Å². The van der Waals surface area contributed by atoms with E-state index in [0.29, 0.717) is 5.75 Å². The summed E-state index contributed by atoms with van der Waals surface area (Å²) in [6.07, 6.45) is 3.83. The SMILES string of the molecule is CC(=O)SCC=Cc1cc2ccccc2o1. The molecule has 1 aromatic carbocycles. The van der Waals surface area contributed by atoms with Crippen molar-refractivity contribution in [2.24, 2.45) is 0 Å². The summed E-state index contributed by atoms with van der Waals surface area (Å²) in [7, 11) is 0. The minimum atomic E-state index is 0.134. The molecule has 2 rings (SSSR count). The van der Waals surface area contributed by atoms with Gasteiger partial charge in [0.25, 0.3) is 0 Å². The van der Waals surface area contributed by atoms with Crippen LogP contribution in [0.15, 0.2) is 40.8 Å². The predicted octanol–water partition coefficient (Wildman–Crippen LogP) is 3.73. The maximum Gasteiger partial charge on any atom is 0.186 e. The molecule has 0 aliphatic carbocycles. The molecule has 0 saturated heterocycles. The third-order valence-electron chi connectivity index (χ3n) is 2.11. The monoisotopic (exact) mass is 232 g/mol. The van der Waals surface area contributed by atoms with Crippen molar-refractivity contribution in [3.63, 3.8) is 0 Å². The van der Waals surface area contributed by atoms with E-state index >= 15 is 0 Å². The number of benzene rings is 1. The van der Waals surface area contributed by atoms with E-state index in [1.807, 2.05) is 42.5 Å². The Morgan fingerprint density at radius 3 is 3.00 bits per heavy atom. The van der Waals surface area contributed by atoms with Crippen LogP contribution in [0.2, 0.25) is 0 Å². The summed E-state index contributed by atoms with van der Waals surface area (Å²) in [6.45, 7) is 1.57. The van der Waals surface area contributed by atoms with Crippen LogP contribution in [0.1, 0.15) is 12.7 Å². The minimum Gasteiger partial charge on any atom is -0.457 e. The lowest BCUT2D eigenvalue weighted by molar-refractivity contribution is -0.109. The summed E-state index contributed by atoms with van der Waals surface area (Å²) in [6, 6.07) is 9.88. The van der Waals surface area contributed by atoms with E-state index in [1.54, 1.807) is 6.92 Å².